The molecule has 13 heavy (non-hydrogen) atoms. The van der Waals surface area contributed by atoms with E-state index in [0.29, 0.717) is 5.92 Å². The molecule has 1 aliphatic carbocycles. The summed E-state index contributed by atoms with van der Waals surface area (Å²) in [7, 11) is 1.36. The van der Waals surface area contributed by atoms with Crippen LogP contribution in [-0.4, -0.2) is 23.4 Å². The Bertz CT molecular complexity index is 409. The molecular weight excluding hydrogens is 214 g/mol. The summed E-state index contributed by atoms with van der Waals surface area (Å²) in [5, 5.41) is 6.96. The van der Waals surface area contributed by atoms with Gasteiger partial charge in [-0.25, -0.2) is 8.42 Å². The fourth-order valence-electron chi connectivity index (χ4n) is 1.05. The Labute approximate surface area is 80.1 Å². The average molecular weight is 222 g/mol. The van der Waals surface area contributed by atoms with Crippen molar-refractivity contribution in [2.45, 2.75) is 24.4 Å². The molecule has 72 valence electrons. The van der Waals surface area contributed by atoms with E-state index in [4.69, 9.17) is 10.7 Å². The summed E-state index contributed by atoms with van der Waals surface area (Å²) in [6, 6.07) is 0. The Morgan fingerprint density at radius 2 is 2.31 bits per heavy atom. The zero-order valence-electron chi connectivity index (χ0n) is 6.72. The molecule has 0 radical (unpaired) electrons. The summed E-state index contributed by atoms with van der Waals surface area (Å²) in [4.78, 5) is 0. The first-order chi connectivity index (χ1) is 6.05. The lowest BCUT2D eigenvalue weighted by atomic mass is 10.4. The molecule has 1 aromatic rings. The SMILES string of the molecule is O=S(=O)(Cl)c1cn(CC2CC2)nn1. The molecule has 0 saturated heterocycles. The van der Waals surface area contributed by atoms with Gasteiger partial charge in [-0.3, -0.25) is 4.68 Å². The Morgan fingerprint density at radius 1 is 1.62 bits per heavy atom. The highest BCUT2D eigenvalue weighted by molar-refractivity contribution is 8.13. The number of rotatable bonds is 3. The van der Waals surface area contributed by atoms with E-state index < -0.39 is 9.05 Å². The number of hydrogen-bond acceptors (Lipinski definition) is 4. The van der Waals surface area contributed by atoms with E-state index in [1.54, 1.807) is 0 Å². The zero-order valence-corrected chi connectivity index (χ0v) is 8.29. The zero-order chi connectivity index (χ0) is 9.47. The molecule has 1 aliphatic rings. The van der Waals surface area contributed by atoms with Crippen molar-refractivity contribution in [3.63, 3.8) is 0 Å². The van der Waals surface area contributed by atoms with Gasteiger partial charge < -0.3 is 0 Å². The molecule has 1 heterocycles. The first-order valence-corrected chi connectivity index (χ1v) is 6.21. The number of aromatic nitrogens is 3. The largest absolute Gasteiger partial charge is 0.282 e. The van der Waals surface area contributed by atoms with Crippen LogP contribution in [0.5, 0.6) is 0 Å². The molecule has 0 aromatic carbocycles. The van der Waals surface area contributed by atoms with Crippen LogP contribution in [0.15, 0.2) is 11.2 Å². The lowest BCUT2D eigenvalue weighted by molar-refractivity contribution is 0.544. The third-order valence-electron chi connectivity index (χ3n) is 1.91. The Kier molecular flexibility index (Phi) is 2.03. The molecule has 1 fully saturated rings. The first-order valence-electron chi connectivity index (χ1n) is 3.90. The summed E-state index contributed by atoms with van der Waals surface area (Å²) in [6.45, 7) is 0.736. The molecular formula is C6H8ClN3O2S. The predicted molar refractivity (Wildman–Crippen MR) is 45.8 cm³/mol. The molecule has 1 saturated carbocycles. The Morgan fingerprint density at radius 3 is 2.77 bits per heavy atom. The van der Waals surface area contributed by atoms with Gasteiger partial charge in [0.1, 0.15) is 0 Å². The molecule has 1 aromatic heterocycles. The fraction of sp³-hybridized carbons (Fsp3) is 0.667. The van der Waals surface area contributed by atoms with Gasteiger partial charge in [-0.05, 0) is 18.8 Å². The van der Waals surface area contributed by atoms with Crippen LogP contribution in [0, 0.1) is 5.92 Å². The normalized spacial score (nSPS) is 17.6. The minimum Gasteiger partial charge on any atom is -0.251 e. The van der Waals surface area contributed by atoms with Crippen LogP contribution in [0.4, 0.5) is 0 Å². The first kappa shape index (κ1) is 8.96. The standard InChI is InChI=1S/C6H8ClN3O2S/c7-13(11,12)6-4-10(9-8-6)3-5-1-2-5/h4-5H,1-3H2. The molecule has 2 rings (SSSR count). The van der Waals surface area contributed by atoms with Crippen molar-refractivity contribution in [3.05, 3.63) is 6.20 Å². The molecule has 0 bridgehead atoms. The third kappa shape index (κ3) is 2.19. The molecule has 0 aliphatic heterocycles. The smallest absolute Gasteiger partial charge is 0.251 e. The summed E-state index contributed by atoms with van der Waals surface area (Å²) >= 11 is 0. The van der Waals surface area contributed by atoms with Crippen molar-refractivity contribution in [2.24, 2.45) is 5.92 Å². The van der Waals surface area contributed by atoms with Crippen molar-refractivity contribution < 1.29 is 8.42 Å². The molecule has 0 spiro atoms. The number of hydrogen-bond donors (Lipinski definition) is 0. The highest BCUT2D eigenvalue weighted by Gasteiger charge is 2.23. The third-order valence-corrected chi connectivity index (χ3v) is 3.07. The lowest BCUT2D eigenvalue weighted by Gasteiger charge is -1.93. The molecule has 0 amide bonds. The second-order valence-electron chi connectivity index (χ2n) is 3.16. The maximum atomic E-state index is 10.8. The molecule has 0 N–H and O–H groups in total. The van der Waals surface area contributed by atoms with Crippen LogP contribution in [0.3, 0.4) is 0 Å². The molecule has 7 heteroatoms. The van der Waals surface area contributed by atoms with Crippen molar-refractivity contribution >= 4 is 19.7 Å². The fourth-order valence-corrected chi connectivity index (χ4v) is 1.64. The van der Waals surface area contributed by atoms with E-state index in [1.165, 1.54) is 23.7 Å². The topological polar surface area (TPSA) is 64.8 Å². The van der Waals surface area contributed by atoms with Gasteiger partial charge in [0.15, 0.2) is 0 Å². The molecule has 5 nitrogen and oxygen atoms in total. The van der Waals surface area contributed by atoms with Gasteiger partial charge in [-0.2, -0.15) is 0 Å². The maximum absolute atomic E-state index is 10.8. The van der Waals surface area contributed by atoms with Gasteiger partial charge in [0, 0.05) is 17.2 Å². The Hall–Kier alpha value is -0.620. The summed E-state index contributed by atoms with van der Waals surface area (Å²) in [5.74, 6) is 0.632. The molecule has 0 unspecified atom stereocenters. The summed E-state index contributed by atoms with van der Waals surface area (Å²) in [6.07, 6.45) is 3.73. The second-order valence-corrected chi connectivity index (χ2v) is 5.67. The minimum atomic E-state index is -3.72. The van der Waals surface area contributed by atoms with Gasteiger partial charge in [-0.1, -0.05) is 5.21 Å². The average Bonchev–Trinajstić information content (AvgIpc) is 2.63. The van der Waals surface area contributed by atoms with Gasteiger partial charge in [0.05, 0.1) is 6.20 Å². The van der Waals surface area contributed by atoms with E-state index in [2.05, 4.69) is 10.3 Å². The Balaban J connectivity index is 2.17. The van der Waals surface area contributed by atoms with E-state index in [9.17, 15) is 8.42 Å². The van der Waals surface area contributed by atoms with Gasteiger partial charge in [-0.15, -0.1) is 5.10 Å². The lowest BCUT2D eigenvalue weighted by Crippen LogP contribution is -1.99. The van der Waals surface area contributed by atoms with Crippen LogP contribution < -0.4 is 0 Å². The van der Waals surface area contributed by atoms with Gasteiger partial charge in [0.25, 0.3) is 9.05 Å². The van der Waals surface area contributed by atoms with E-state index >= 15 is 0 Å². The molecule has 0 atom stereocenters. The van der Waals surface area contributed by atoms with Crippen molar-refractivity contribution in [1.29, 1.82) is 0 Å². The highest BCUT2D eigenvalue weighted by atomic mass is 35.7. The van der Waals surface area contributed by atoms with Crippen LogP contribution in [0.1, 0.15) is 12.8 Å². The summed E-state index contributed by atoms with van der Waals surface area (Å²) < 4.78 is 23.1. The van der Waals surface area contributed by atoms with E-state index in [-0.39, 0.29) is 5.03 Å². The maximum Gasteiger partial charge on any atom is 0.282 e. The van der Waals surface area contributed by atoms with Crippen molar-refractivity contribution in [1.82, 2.24) is 15.0 Å². The van der Waals surface area contributed by atoms with Crippen LogP contribution in [-0.2, 0) is 15.6 Å². The predicted octanol–water partition coefficient (Wildman–Crippen LogP) is 0.616. The summed E-state index contributed by atoms with van der Waals surface area (Å²) in [5.41, 5.74) is 0. The monoisotopic (exact) mass is 221 g/mol. The van der Waals surface area contributed by atoms with E-state index in [1.807, 2.05) is 0 Å². The quantitative estimate of drug-likeness (QED) is 0.702. The van der Waals surface area contributed by atoms with Crippen LogP contribution in [0.2, 0.25) is 0 Å². The number of halogens is 1. The minimum absolute atomic E-state index is 0.171. The second kappa shape index (κ2) is 2.95. The van der Waals surface area contributed by atoms with Crippen LogP contribution >= 0.6 is 10.7 Å². The van der Waals surface area contributed by atoms with Crippen molar-refractivity contribution in [2.75, 3.05) is 0 Å². The van der Waals surface area contributed by atoms with Crippen LogP contribution in [0.25, 0.3) is 0 Å². The van der Waals surface area contributed by atoms with E-state index in [0.717, 1.165) is 6.54 Å². The van der Waals surface area contributed by atoms with Gasteiger partial charge in [0.2, 0.25) is 5.03 Å². The van der Waals surface area contributed by atoms with Crippen molar-refractivity contribution in [3.8, 4) is 0 Å². The number of nitrogens with zero attached hydrogens (tertiary/aromatic N) is 3. The highest BCUT2D eigenvalue weighted by Crippen LogP contribution is 2.30. The van der Waals surface area contributed by atoms with Gasteiger partial charge >= 0.3 is 0 Å².